The second-order valence-electron chi connectivity index (χ2n) is 4.99. The lowest BCUT2D eigenvalue weighted by atomic mass is 10.1. The van der Waals surface area contributed by atoms with Crippen LogP contribution in [-0.2, 0) is 4.79 Å². The molecule has 0 fully saturated rings. The van der Waals surface area contributed by atoms with E-state index in [9.17, 15) is 4.79 Å². The van der Waals surface area contributed by atoms with Crippen LogP contribution in [0.1, 0.15) is 16.5 Å². The van der Waals surface area contributed by atoms with E-state index < -0.39 is 6.10 Å². The van der Waals surface area contributed by atoms with E-state index in [4.69, 9.17) is 4.74 Å². The zero-order chi connectivity index (χ0) is 16.1. The molecule has 0 aliphatic carbocycles. The van der Waals surface area contributed by atoms with Gasteiger partial charge < -0.3 is 4.74 Å². The van der Waals surface area contributed by atoms with Crippen LogP contribution >= 0.6 is 11.3 Å². The molecular weight excluding hydrogens is 308 g/mol. The molecule has 23 heavy (non-hydrogen) atoms. The van der Waals surface area contributed by atoms with Gasteiger partial charge in [-0.1, -0.05) is 48.5 Å². The average Bonchev–Trinajstić information content (AvgIpc) is 2.99. The summed E-state index contributed by atoms with van der Waals surface area (Å²) in [6.07, 6.45) is 0.998. The molecule has 0 unspecified atom stereocenters. The molecule has 0 aliphatic heterocycles. The number of thiazole rings is 1. The SMILES string of the molecule is Cc1cnc(NC(=O)[C@@H](Oc2ccccc2)c2ccccc2)s1. The first-order valence-corrected chi connectivity index (χ1v) is 8.04. The summed E-state index contributed by atoms with van der Waals surface area (Å²) in [6.45, 7) is 1.95. The van der Waals surface area contributed by atoms with Gasteiger partial charge in [-0.15, -0.1) is 11.3 Å². The molecule has 0 saturated carbocycles. The van der Waals surface area contributed by atoms with Crippen molar-refractivity contribution in [2.75, 3.05) is 5.32 Å². The predicted molar refractivity (Wildman–Crippen MR) is 91.7 cm³/mol. The topological polar surface area (TPSA) is 51.2 Å². The molecule has 0 radical (unpaired) electrons. The Morgan fingerprint density at radius 1 is 1.09 bits per heavy atom. The van der Waals surface area contributed by atoms with Gasteiger partial charge >= 0.3 is 0 Å². The maximum absolute atomic E-state index is 12.7. The average molecular weight is 324 g/mol. The molecule has 3 aromatic rings. The first-order chi connectivity index (χ1) is 11.2. The van der Waals surface area contributed by atoms with Crippen LogP contribution in [0.15, 0.2) is 66.9 Å². The van der Waals surface area contributed by atoms with Gasteiger partial charge in [0.05, 0.1) is 0 Å². The lowest BCUT2D eigenvalue weighted by Crippen LogP contribution is -2.25. The van der Waals surface area contributed by atoms with E-state index >= 15 is 0 Å². The van der Waals surface area contributed by atoms with Crippen molar-refractivity contribution in [2.24, 2.45) is 0 Å². The largest absolute Gasteiger partial charge is 0.476 e. The van der Waals surface area contributed by atoms with Gasteiger partial charge in [0.2, 0.25) is 6.10 Å². The third-order valence-electron chi connectivity index (χ3n) is 3.19. The van der Waals surface area contributed by atoms with Crippen molar-refractivity contribution in [1.29, 1.82) is 0 Å². The van der Waals surface area contributed by atoms with Crippen LogP contribution in [0.4, 0.5) is 5.13 Å². The summed E-state index contributed by atoms with van der Waals surface area (Å²) in [7, 11) is 0. The highest BCUT2D eigenvalue weighted by Gasteiger charge is 2.23. The molecule has 0 spiro atoms. The molecule has 116 valence electrons. The third-order valence-corrected chi connectivity index (χ3v) is 4.02. The predicted octanol–water partition coefficient (Wildman–Crippen LogP) is 4.21. The molecule has 1 aromatic heterocycles. The minimum absolute atomic E-state index is 0.241. The van der Waals surface area contributed by atoms with Crippen LogP contribution < -0.4 is 10.1 Å². The second-order valence-corrected chi connectivity index (χ2v) is 6.22. The number of amides is 1. The molecule has 1 N–H and O–H groups in total. The van der Waals surface area contributed by atoms with Gasteiger partial charge in [-0.3, -0.25) is 10.1 Å². The number of hydrogen-bond acceptors (Lipinski definition) is 4. The summed E-state index contributed by atoms with van der Waals surface area (Å²) in [6, 6.07) is 18.7. The molecule has 5 heteroatoms. The summed E-state index contributed by atoms with van der Waals surface area (Å²) in [5.74, 6) is 0.404. The number of benzene rings is 2. The van der Waals surface area contributed by atoms with Crippen LogP contribution in [0.2, 0.25) is 0 Å². The summed E-state index contributed by atoms with van der Waals surface area (Å²) >= 11 is 1.44. The van der Waals surface area contributed by atoms with E-state index in [1.165, 1.54) is 11.3 Å². The first kappa shape index (κ1) is 15.2. The van der Waals surface area contributed by atoms with E-state index in [1.54, 1.807) is 6.20 Å². The molecule has 0 bridgehead atoms. The Morgan fingerprint density at radius 3 is 2.35 bits per heavy atom. The second kappa shape index (κ2) is 7.07. The summed E-state index contributed by atoms with van der Waals surface area (Å²) in [5, 5.41) is 3.40. The Kier molecular flexibility index (Phi) is 4.68. The Labute approximate surface area is 138 Å². The van der Waals surface area contributed by atoms with Crippen molar-refractivity contribution in [3.8, 4) is 5.75 Å². The lowest BCUT2D eigenvalue weighted by molar-refractivity contribution is -0.123. The third kappa shape index (κ3) is 3.96. The number of anilines is 1. The summed E-state index contributed by atoms with van der Waals surface area (Å²) in [5.41, 5.74) is 0.794. The highest BCUT2D eigenvalue weighted by Crippen LogP contribution is 2.24. The van der Waals surface area contributed by atoms with Crippen molar-refractivity contribution in [2.45, 2.75) is 13.0 Å². The minimum Gasteiger partial charge on any atom is -0.476 e. The van der Waals surface area contributed by atoms with Gasteiger partial charge in [0.25, 0.3) is 5.91 Å². The lowest BCUT2D eigenvalue weighted by Gasteiger charge is -2.18. The van der Waals surface area contributed by atoms with Crippen LogP contribution in [0.25, 0.3) is 0 Å². The van der Waals surface area contributed by atoms with Crippen molar-refractivity contribution in [1.82, 2.24) is 4.98 Å². The standard InChI is InChI=1S/C18H16N2O2S/c1-13-12-19-18(23-13)20-17(21)16(14-8-4-2-5-9-14)22-15-10-6-3-7-11-15/h2-12,16H,1H3,(H,19,20,21)/t16-/m0/s1. The van der Waals surface area contributed by atoms with Gasteiger partial charge in [-0.2, -0.15) is 0 Å². The Bertz CT molecular complexity index is 772. The number of nitrogens with zero attached hydrogens (tertiary/aromatic N) is 1. The molecule has 1 amide bonds. The van der Waals surface area contributed by atoms with Crippen LogP contribution in [0.5, 0.6) is 5.75 Å². The van der Waals surface area contributed by atoms with Crippen molar-refractivity contribution in [3.63, 3.8) is 0 Å². The maximum atomic E-state index is 12.7. The maximum Gasteiger partial charge on any atom is 0.271 e. The first-order valence-electron chi connectivity index (χ1n) is 7.22. The molecule has 0 aliphatic rings. The quantitative estimate of drug-likeness (QED) is 0.765. The molecule has 2 aromatic carbocycles. The van der Waals surface area contributed by atoms with Gasteiger partial charge in [-0.25, -0.2) is 4.98 Å². The molecule has 1 heterocycles. The van der Waals surface area contributed by atoms with Crippen molar-refractivity contribution >= 4 is 22.4 Å². The number of aryl methyl sites for hydroxylation is 1. The number of ether oxygens (including phenoxy) is 1. The number of para-hydroxylation sites is 1. The summed E-state index contributed by atoms with van der Waals surface area (Å²) in [4.78, 5) is 17.9. The van der Waals surface area contributed by atoms with Gasteiger partial charge in [0, 0.05) is 16.6 Å². The van der Waals surface area contributed by atoms with Gasteiger partial charge in [0.15, 0.2) is 5.13 Å². The monoisotopic (exact) mass is 324 g/mol. The van der Waals surface area contributed by atoms with Crippen molar-refractivity contribution < 1.29 is 9.53 Å². The zero-order valence-corrected chi connectivity index (χ0v) is 13.4. The van der Waals surface area contributed by atoms with Crippen molar-refractivity contribution in [3.05, 3.63) is 77.3 Å². The number of carbonyl (C=O) groups excluding carboxylic acids is 1. The molecule has 4 nitrogen and oxygen atoms in total. The van der Waals surface area contributed by atoms with E-state index in [0.717, 1.165) is 10.4 Å². The van der Waals surface area contributed by atoms with E-state index in [2.05, 4.69) is 10.3 Å². The minimum atomic E-state index is -0.734. The normalized spacial score (nSPS) is 11.7. The Morgan fingerprint density at radius 2 is 1.74 bits per heavy atom. The van der Waals surface area contributed by atoms with E-state index in [1.807, 2.05) is 67.6 Å². The molecule has 1 atom stereocenters. The number of nitrogens with one attached hydrogen (secondary N) is 1. The van der Waals surface area contributed by atoms with Crippen LogP contribution in [-0.4, -0.2) is 10.9 Å². The van der Waals surface area contributed by atoms with Crippen LogP contribution in [0, 0.1) is 6.92 Å². The highest BCUT2D eigenvalue weighted by molar-refractivity contribution is 7.15. The Balaban J connectivity index is 1.84. The molecular formula is C18H16N2O2S. The fraction of sp³-hybridized carbons (Fsp3) is 0.111. The highest BCUT2D eigenvalue weighted by atomic mass is 32.1. The number of rotatable bonds is 5. The van der Waals surface area contributed by atoms with Gasteiger partial charge in [0.1, 0.15) is 5.75 Å². The molecule has 0 saturated heterocycles. The van der Waals surface area contributed by atoms with E-state index in [0.29, 0.717) is 10.9 Å². The van der Waals surface area contributed by atoms with Gasteiger partial charge in [-0.05, 0) is 19.1 Å². The fourth-order valence-corrected chi connectivity index (χ4v) is 2.79. The molecule has 3 rings (SSSR count). The fourth-order valence-electron chi connectivity index (χ4n) is 2.12. The number of carbonyl (C=O) groups is 1. The summed E-state index contributed by atoms with van der Waals surface area (Å²) < 4.78 is 5.91. The Hall–Kier alpha value is -2.66. The number of aromatic nitrogens is 1. The van der Waals surface area contributed by atoms with Crippen LogP contribution in [0.3, 0.4) is 0 Å². The number of hydrogen-bond donors (Lipinski definition) is 1. The smallest absolute Gasteiger partial charge is 0.271 e. The zero-order valence-electron chi connectivity index (χ0n) is 12.6. The van der Waals surface area contributed by atoms with E-state index in [-0.39, 0.29) is 5.91 Å².